The Morgan fingerprint density at radius 3 is 3.00 bits per heavy atom. The van der Waals surface area contributed by atoms with Gasteiger partial charge in [0.2, 0.25) is 0 Å². The van der Waals surface area contributed by atoms with Crippen LogP contribution in [0.1, 0.15) is 40.5 Å². The zero-order valence-electron chi connectivity index (χ0n) is 12.3. The molecule has 0 radical (unpaired) electrons. The highest BCUT2D eigenvalue weighted by Gasteiger charge is 2.24. The Balaban J connectivity index is 2.00. The molecule has 5 heteroatoms. The first-order valence-electron chi connectivity index (χ1n) is 7.28. The molecule has 0 bridgehead atoms. The Hall–Kier alpha value is -0.910. The number of benzene rings is 1. The minimum Gasteiger partial charge on any atom is -0.497 e. The summed E-state index contributed by atoms with van der Waals surface area (Å²) in [4.78, 5) is 6.34. The Kier molecular flexibility index (Phi) is 4.62. The van der Waals surface area contributed by atoms with E-state index in [9.17, 15) is 0 Å². The van der Waals surface area contributed by atoms with Crippen LogP contribution in [0.3, 0.4) is 0 Å². The molecule has 3 nitrogen and oxygen atoms in total. The molecule has 21 heavy (non-hydrogen) atoms. The molecule has 0 aliphatic heterocycles. The summed E-state index contributed by atoms with van der Waals surface area (Å²) in [5.74, 6) is 0.875. The van der Waals surface area contributed by atoms with Crippen LogP contribution in [-0.2, 0) is 12.8 Å². The van der Waals surface area contributed by atoms with Crippen molar-refractivity contribution < 1.29 is 4.74 Å². The summed E-state index contributed by atoms with van der Waals surface area (Å²) >= 11 is 5.52. The first-order chi connectivity index (χ1) is 10.2. The van der Waals surface area contributed by atoms with Gasteiger partial charge in [0.15, 0.2) is 0 Å². The third-order valence-electron chi connectivity index (χ3n) is 3.78. The molecule has 1 aromatic carbocycles. The molecule has 0 fully saturated rings. The molecule has 0 amide bonds. The van der Waals surface area contributed by atoms with Gasteiger partial charge in [-0.2, -0.15) is 0 Å². The number of aromatic nitrogens is 1. The van der Waals surface area contributed by atoms with Crippen LogP contribution in [0.2, 0.25) is 0 Å². The van der Waals surface area contributed by atoms with E-state index in [1.165, 1.54) is 29.0 Å². The van der Waals surface area contributed by atoms with Crippen molar-refractivity contribution in [3.8, 4) is 5.75 Å². The lowest BCUT2D eigenvalue weighted by Gasteiger charge is -2.18. The number of rotatable bonds is 5. The van der Waals surface area contributed by atoms with Gasteiger partial charge in [-0.05, 0) is 49.6 Å². The smallest absolute Gasteiger partial charge is 0.119 e. The Bertz CT molecular complexity index is 620. The lowest BCUT2D eigenvalue weighted by Crippen LogP contribution is -2.22. The van der Waals surface area contributed by atoms with E-state index in [4.69, 9.17) is 9.72 Å². The van der Waals surface area contributed by atoms with E-state index >= 15 is 0 Å². The number of fused-ring (bicyclic) bond motifs is 1. The minimum absolute atomic E-state index is 0.120. The summed E-state index contributed by atoms with van der Waals surface area (Å²) in [5.41, 5.74) is 2.49. The number of thiazole rings is 1. The number of nitrogens with one attached hydrogen (secondary N) is 1. The van der Waals surface area contributed by atoms with Gasteiger partial charge in [0.05, 0.1) is 18.8 Å². The fraction of sp³-hybridized carbons (Fsp3) is 0.438. The predicted molar refractivity (Wildman–Crippen MR) is 90.4 cm³/mol. The van der Waals surface area contributed by atoms with Crippen molar-refractivity contribution in [2.75, 3.05) is 13.7 Å². The zero-order chi connectivity index (χ0) is 14.8. The van der Waals surface area contributed by atoms with Crippen LogP contribution >= 0.6 is 27.3 Å². The van der Waals surface area contributed by atoms with E-state index in [2.05, 4.69) is 34.2 Å². The maximum atomic E-state index is 5.37. The van der Waals surface area contributed by atoms with Crippen molar-refractivity contribution in [3.05, 3.63) is 43.8 Å². The lowest BCUT2D eigenvalue weighted by molar-refractivity contribution is 0.413. The zero-order valence-corrected chi connectivity index (χ0v) is 14.7. The number of hydrogen-bond acceptors (Lipinski definition) is 4. The van der Waals surface area contributed by atoms with Gasteiger partial charge in [-0.15, -0.1) is 11.3 Å². The fourth-order valence-electron chi connectivity index (χ4n) is 2.74. The second-order valence-corrected chi connectivity index (χ2v) is 7.12. The predicted octanol–water partition coefficient (Wildman–Crippen LogP) is 4.10. The third-order valence-corrected chi connectivity index (χ3v) is 5.73. The molecule has 1 atom stereocenters. The van der Waals surface area contributed by atoms with Crippen molar-refractivity contribution >= 4 is 27.3 Å². The summed E-state index contributed by atoms with van der Waals surface area (Å²) in [6.45, 7) is 3.03. The molecule has 0 saturated heterocycles. The number of methoxy groups -OCH3 is 1. The van der Waals surface area contributed by atoms with Gasteiger partial charge in [0.25, 0.3) is 0 Å². The standard InChI is InChI=1S/C16H19BrN2OS/c1-3-18-15(11-9-10(20-2)7-8-12(11)17)16-19-13-5-4-6-14(13)21-16/h7-9,15,18H,3-6H2,1-2H3. The minimum atomic E-state index is 0.120. The monoisotopic (exact) mass is 366 g/mol. The van der Waals surface area contributed by atoms with Gasteiger partial charge in [-0.25, -0.2) is 4.98 Å². The molecule has 1 aliphatic carbocycles. The Labute approximate surface area is 137 Å². The maximum absolute atomic E-state index is 5.37. The number of nitrogens with zero attached hydrogens (tertiary/aromatic N) is 1. The molecule has 1 aliphatic rings. The molecule has 1 aromatic heterocycles. The number of halogens is 1. The second kappa shape index (κ2) is 6.46. The average molecular weight is 367 g/mol. The van der Waals surface area contributed by atoms with Crippen molar-refractivity contribution in [1.82, 2.24) is 10.3 Å². The van der Waals surface area contributed by atoms with E-state index in [0.717, 1.165) is 28.2 Å². The van der Waals surface area contributed by atoms with Gasteiger partial charge in [0, 0.05) is 9.35 Å². The molecular formula is C16H19BrN2OS. The Morgan fingerprint density at radius 2 is 2.29 bits per heavy atom. The van der Waals surface area contributed by atoms with Crippen molar-refractivity contribution in [1.29, 1.82) is 0 Å². The fourth-order valence-corrected chi connectivity index (χ4v) is 4.46. The lowest BCUT2D eigenvalue weighted by atomic mass is 10.1. The Morgan fingerprint density at radius 1 is 1.43 bits per heavy atom. The number of hydrogen-bond donors (Lipinski definition) is 1. The molecule has 3 rings (SSSR count). The van der Waals surface area contributed by atoms with E-state index < -0.39 is 0 Å². The average Bonchev–Trinajstić information content (AvgIpc) is 3.07. The van der Waals surface area contributed by atoms with Crippen LogP contribution in [-0.4, -0.2) is 18.6 Å². The molecule has 1 heterocycles. The van der Waals surface area contributed by atoms with Crippen LogP contribution in [0.5, 0.6) is 5.75 Å². The van der Waals surface area contributed by atoms with Gasteiger partial charge in [-0.3, -0.25) is 0 Å². The molecule has 1 N–H and O–H groups in total. The molecular weight excluding hydrogens is 348 g/mol. The van der Waals surface area contributed by atoms with Crippen molar-refractivity contribution in [2.24, 2.45) is 0 Å². The molecule has 0 saturated carbocycles. The molecule has 2 aromatic rings. The van der Waals surface area contributed by atoms with Gasteiger partial charge >= 0.3 is 0 Å². The number of ether oxygens (including phenoxy) is 1. The van der Waals surface area contributed by atoms with Crippen LogP contribution in [0.4, 0.5) is 0 Å². The highest BCUT2D eigenvalue weighted by Crippen LogP contribution is 2.36. The van der Waals surface area contributed by atoms with Crippen LogP contribution in [0.15, 0.2) is 22.7 Å². The van der Waals surface area contributed by atoms with Crippen molar-refractivity contribution in [3.63, 3.8) is 0 Å². The highest BCUT2D eigenvalue weighted by atomic mass is 79.9. The first-order valence-corrected chi connectivity index (χ1v) is 8.89. The number of aryl methyl sites for hydroxylation is 2. The van der Waals surface area contributed by atoms with Crippen molar-refractivity contribution in [2.45, 2.75) is 32.2 Å². The van der Waals surface area contributed by atoms with Crippen LogP contribution in [0.25, 0.3) is 0 Å². The normalized spacial score (nSPS) is 15.0. The summed E-state index contributed by atoms with van der Waals surface area (Å²) in [6, 6.07) is 6.22. The summed E-state index contributed by atoms with van der Waals surface area (Å²) in [7, 11) is 1.70. The SMILES string of the molecule is CCNC(c1nc2c(s1)CCC2)c1cc(OC)ccc1Br. The maximum Gasteiger partial charge on any atom is 0.119 e. The molecule has 112 valence electrons. The molecule has 1 unspecified atom stereocenters. The van der Waals surface area contributed by atoms with E-state index in [1.807, 2.05) is 23.5 Å². The van der Waals surface area contributed by atoms with E-state index in [0.29, 0.717) is 0 Å². The molecule has 0 spiro atoms. The first kappa shape index (κ1) is 15.0. The van der Waals surface area contributed by atoms with Crippen LogP contribution in [0, 0.1) is 0 Å². The van der Waals surface area contributed by atoms with E-state index in [-0.39, 0.29) is 6.04 Å². The highest BCUT2D eigenvalue weighted by molar-refractivity contribution is 9.10. The largest absolute Gasteiger partial charge is 0.497 e. The quantitative estimate of drug-likeness (QED) is 0.864. The van der Waals surface area contributed by atoms with Gasteiger partial charge < -0.3 is 10.1 Å². The summed E-state index contributed by atoms with van der Waals surface area (Å²) in [5, 5.41) is 4.72. The summed E-state index contributed by atoms with van der Waals surface area (Å²) in [6.07, 6.45) is 3.57. The topological polar surface area (TPSA) is 34.2 Å². The van der Waals surface area contributed by atoms with Gasteiger partial charge in [0.1, 0.15) is 10.8 Å². The summed E-state index contributed by atoms with van der Waals surface area (Å²) < 4.78 is 6.46. The third kappa shape index (κ3) is 3.00. The van der Waals surface area contributed by atoms with E-state index in [1.54, 1.807) is 7.11 Å². The second-order valence-electron chi connectivity index (χ2n) is 5.15. The van der Waals surface area contributed by atoms with Gasteiger partial charge in [-0.1, -0.05) is 22.9 Å². The van der Waals surface area contributed by atoms with Crippen LogP contribution < -0.4 is 10.1 Å².